The second-order valence-electron chi connectivity index (χ2n) is 6.92. The molecule has 1 aliphatic rings. The standard InChI is InChI=1S/C19H26N4O2/c1-14(2)25-18-7-5-4-6-17(18)21-19(24)23-9-8-15(13-23)10-16-11-20-22(3)12-16/h4-7,11-12,14-15H,8-10,13H2,1-3H3,(H,21,24)/t15-/m0/s1. The number of urea groups is 1. The molecule has 1 aromatic carbocycles. The minimum Gasteiger partial charge on any atom is -0.489 e. The number of hydrogen-bond donors (Lipinski definition) is 1. The zero-order chi connectivity index (χ0) is 17.8. The van der Waals surface area contributed by atoms with Crippen molar-refractivity contribution >= 4 is 11.7 Å². The first kappa shape index (κ1) is 17.3. The van der Waals surface area contributed by atoms with E-state index in [1.165, 1.54) is 5.56 Å². The molecule has 0 bridgehead atoms. The van der Waals surface area contributed by atoms with E-state index in [0.29, 0.717) is 11.7 Å². The summed E-state index contributed by atoms with van der Waals surface area (Å²) in [5.41, 5.74) is 1.95. The van der Waals surface area contributed by atoms with Gasteiger partial charge in [-0.1, -0.05) is 12.1 Å². The maximum Gasteiger partial charge on any atom is 0.321 e. The maximum absolute atomic E-state index is 12.6. The Labute approximate surface area is 148 Å². The second-order valence-corrected chi connectivity index (χ2v) is 6.92. The fraction of sp³-hybridized carbons (Fsp3) is 0.474. The number of ether oxygens (including phenoxy) is 1. The zero-order valence-electron chi connectivity index (χ0n) is 15.1. The van der Waals surface area contributed by atoms with Crippen LogP contribution in [0.5, 0.6) is 5.75 Å². The maximum atomic E-state index is 12.6. The van der Waals surface area contributed by atoms with Crippen molar-refractivity contribution in [1.82, 2.24) is 14.7 Å². The van der Waals surface area contributed by atoms with E-state index in [0.717, 1.165) is 31.6 Å². The van der Waals surface area contributed by atoms with Crippen molar-refractivity contribution in [3.8, 4) is 5.75 Å². The summed E-state index contributed by atoms with van der Waals surface area (Å²) < 4.78 is 7.59. The zero-order valence-corrected chi connectivity index (χ0v) is 15.1. The molecule has 0 unspecified atom stereocenters. The Balaban J connectivity index is 1.57. The first-order valence-electron chi connectivity index (χ1n) is 8.80. The number of aromatic nitrogens is 2. The molecule has 0 aliphatic carbocycles. The number of aryl methyl sites for hydroxylation is 1. The Bertz CT molecular complexity index is 726. The third-order valence-corrected chi connectivity index (χ3v) is 4.35. The molecule has 2 heterocycles. The van der Waals surface area contributed by atoms with Crippen LogP contribution < -0.4 is 10.1 Å². The lowest BCUT2D eigenvalue weighted by Crippen LogP contribution is -2.33. The van der Waals surface area contributed by atoms with E-state index in [2.05, 4.69) is 10.4 Å². The number of rotatable bonds is 5. The molecular formula is C19H26N4O2. The van der Waals surface area contributed by atoms with Gasteiger partial charge in [-0.25, -0.2) is 4.79 Å². The third-order valence-electron chi connectivity index (χ3n) is 4.35. The lowest BCUT2D eigenvalue weighted by Gasteiger charge is -2.19. The lowest BCUT2D eigenvalue weighted by atomic mass is 10.0. The van der Waals surface area contributed by atoms with Crippen LogP contribution in [0.4, 0.5) is 10.5 Å². The minimum absolute atomic E-state index is 0.0616. The van der Waals surface area contributed by atoms with Gasteiger partial charge in [0.1, 0.15) is 5.75 Å². The van der Waals surface area contributed by atoms with Gasteiger partial charge in [-0.15, -0.1) is 0 Å². The molecule has 0 radical (unpaired) electrons. The van der Waals surface area contributed by atoms with Gasteiger partial charge in [0, 0.05) is 26.3 Å². The van der Waals surface area contributed by atoms with Gasteiger partial charge in [0.2, 0.25) is 0 Å². The summed E-state index contributed by atoms with van der Waals surface area (Å²) in [6.45, 7) is 5.50. The summed E-state index contributed by atoms with van der Waals surface area (Å²) in [4.78, 5) is 14.5. The van der Waals surface area contributed by atoms with Crippen LogP contribution in [0.1, 0.15) is 25.8 Å². The van der Waals surface area contributed by atoms with Crippen LogP contribution in [0.15, 0.2) is 36.7 Å². The van der Waals surface area contributed by atoms with E-state index in [9.17, 15) is 4.79 Å². The Morgan fingerprint density at radius 2 is 2.20 bits per heavy atom. The number of hydrogen-bond acceptors (Lipinski definition) is 3. The summed E-state index contributed by atoms with van der Waals surface area (Å²) in [6, 6.07) is 7.50. The van der Waals surface area contributed by atoms with Crippen molar-refractivity contribution in [2.45, 2.75) is 32.8 Å². The number of nitrogens with zero attached hydrogens (tertiary/aromatic N) is 3. The molecule has 3 rings (SSSR count). The number of para-hydroxylation sites is 2. The van der Waals surface area contributed by atoms with Crippen molar-refractivity contribution in [2.24, 2.45) is 13.0 Å². The van der Waals surface area contributed by atoms with E-state index in [-0.39, 0.29) is 12.1 Å². The molecule has 2 aromatic rings. The van der Waals surface area contributed by atoms with E-state index >= 15 is 0 Å². The molecule has 0 spiro atoms. The highest BCUT2D eigenvalue weighted by Crippen LogP contribution is 2.26. The normalized spacial score (nSPS) is 17.1. The number of amides is 2. The topological polar surface area (TPSA) is 59.4 Å². The van der Waals surface area contributed by atoms with Crippen LogP contribution in [0.2, 0.25) is 0 Å². The van der Waals surface area contributed by atoms with Crippen molar-refractivity contribution in [1.29, 1.82) is 0 Å². The Hall–Kier alpha value is -2.50. The number of likely N-dealkylation sites (tertiary alicyclic amines) is 1. The van der Waals surface area contributed by atoms with Crippen molar-refractivity contribution in [3.63, 3.8) is 0 Å². The second kappa shape index (κ2) is 7.59. The molecule has 1 fully saturated rings. The molecule has 1 N–H and O–H groups in total. The Morgan fingerprint density at radius 1 is 1.40 bits per heavy atom. The smallest absolute Gasteiger partial charge is 0.321 e. The molecule has 2 amide bonds. The van der Waals surface area contributed by atoms with Gasteiger partial charge in [-0.05, 0) is 50.3 Å². The third kappa shape index (κ3) is 4.53. The minimum atomic E-state index is -0.0616. The largest absolute Gasteiger partial charge is 0.489 e. The first-order valence-corrected chi connectivity index (χ1v) is 8.80. The summed E-state index contributed by atoms with van der Waals surface area (Å²) in [6.07, 6.45) is 6.00. The van der Waals surface area contributed by atoms with Gasteiger partial charge < -0.3 is 15.0 Å². The number of carbonyl (C=O) groups is 1. The van der Waals surface area contributed by atoms with E-state index in [4.69, 9.17) is 4.74 Å². The van der Waals surface area contributed by atoms with E-state index in [1.807, 2.05) is 67.1 Å². The Morgan fingerprint density at radius 3 is 2.92 bits per heavy atom. The average molecular weight is 342 g/mol. The summed E-state index contributed by atoms with van der Waals surface area (Å²) in [5, 5.41) is 7.20. The highest BCUT2D eigenvalue weighted by molar-refractivity contribution is 5.91. The summed E-state index contributed by atoms with van der Waals surface area (Å²) in [7, 11) is 1.93. The number of anilines is 1. The van der Waals surface area contributed by atoms with Gasteiger partial charge in [0.25, 0.3) is 0 Å². The van der Waals surface area contributed by atoms with Gasteiger partial charge in [0.15, 0.2) is 0 Å². The van der Waals surface area contributed by atoms with Crippen molar-refractivity contribution < 1.29 is 9.53 Å². The molecule has 25 heavy (non-hydrogen) atoms. The van der Waals surface area contributed by atoms with Gasteiger partial charge in [0.05, 0.1) is 18.0 Å². The SMILES string of the molecule is CC(C)Oc1ccccc1NC(=O)N1CC[C@@H](Cc2cnn(C)c2)C1. The number of carbonyl (C=O) groups excluding carboxylic acids is 1. The lowest BCUT2D eigenvalue weighted by molar-refractivity contribution is 0.219. The summed E-state index contributed by atoms with van der Waals surface area (Å²) >= 11 is 0. The summed E-state index contributed by atoms with van der Waals surface area (Å²) in [5.74, 6) is 1.19. The van der Waals surface area contributed by atoms with E-state index in [1.54, 1.807) is 0 Å². The van der Waals surface area contributed by atoms with E-state index < -0.39 is 0 Å². The highest BCUT2D eigenvalue weighted by atomic mass is 16.5. The number of nitrogens with one attached hydrogen (secondary N) is 1. The predicted octanol–water partition coefficient (Wildman–Crippen LogP) is 3.30. The van der Waals surface area contributed by atoms with Gasteiger partial charge in [-0.3, -0.25) is 4.68 Å². The molecule has 1 saturated heterocycles. The van der Waals surface area contributed by atoms with Crippen molar-refractivity contribution in [3.05, 3.63) is 42.2 Å². The van der Waals surface area contributed by atoms with Crippen LogP contribution in [0.25, 0.3) is 0 Å². The quantitative estimate of drug-likeness (QED) is 0.907. The fourth-order valence-corrected chi connectivity index (χ4v) is 3.22. The fourth-order valence-electron chi connectivity index (χ4n) is 3.22. The molecule has 1 aliphatic heterocycles. The van der Waals surface area contributed by atoms with Crippen LogP contribution in [-0.4, -0.2) is 39.9 Å². The average Bonchev–Trinajstić information content (AvgIpc) is 3.18. The van der Waals surface area contributed by atoms with Crippen LogP contribution in [0.3, 0.4) is 0 Å². The monoisotopic (exact) mass is 342 g/mol. The molecule has 134 valence electrons. The van der Waals surface area contributed by atoms with Crippen molar-refractivity contribution in [2.75, 3.05) is 18.4 Å². The Kier molecular flexibility index (Phi) is 5.26. The predicted molar refractivity (Wildman–Crippen MR) is 97.8 cm³/mol. The van der Waals surface area contributed by atoms with Crippen LogP contribution >= 0.6 is 0 Å². The molecule has 0 saturated carbocycles. The first-order chi connectivity index (χ1) is 12.0. The number of benzene rings is 1. The molecule has 6 heteroatoms. The molecule has 6 nitrogen and oxygen atoms in total. The van der Waals surface area contributed by atoms with Gasteiger partial charge in [-0.2, -0.15) is 5.10 Å². The molecule has 1 atom stereocenters. The van der Waals surface area contributed by atoms with Gasteiger partial charge >= 0.3 is 6.03 Å². The van der Waals surface area contributed by atoms with Crippen LogP contribution in [0, 0.1) is 5.92 Å². The molecule has 1 aromatic heterocycles. The highest BCUT2D eigenvalue weighted by Gasteiger charge is 2.27. The van der Waals surface area contributed by atoms with Crippen LogP contribution in [-0.2, 0) is 13.5 Å². The molecular weight excluding hydrogens is 316 g/mol.